The minimum atomic E-state index is -0.364. The zero-order valence-electron chi connectivity index (χ0n) is 16.5. The SMILES string of the molecule is Cc1cc(-n2ncc(C#N)c2NC(=O)Cc2ccc(F)cc2)nc2c(C)cccc12. The third-order valence-corrected chi connectivity index (χ3v) is 4.88. The van der Waals surface area contributed by atoms with Crippen molar-refractivity contribution in [3.8, 4) is 11.9 Å². The van der Waals surface area contributed by atoms with Gasteiger partial charge in [-0.3, -0.25) is 4.79 Å². The van der Waals surface area contributed by atoms with Gasteiger partial charge in [0.25, 0.3) is 0 Å². The van der Waals surface area contributed by atoms with Crippen molar-refractivity contribution in [2.24, 2.45) is 0 Å². The van der Waals surface area contributed by atoms with Crippen LogP contribution in [0.1, 0.15) is 22.3 Å². The Bertz CT molecular complexity index is 1300. The molecule has 0 aliphatic rings. The number of halogens is 1. The summed E-state index contributed by atoms with van der Waals surface area (Å²) < 4.78 is 14.5. The van der Waals surface area contributed by atoms with Crippen LogP contribution in [0, 0.1) is 31.0 Å². The number of rotatable bonds is 4. The third kappa shape index (κ3) is 3.63. The topological polar surface area (TPSA) is 83.6 Å². The number of carbonyl (C=O) groups is 1. The van der Waals surface area contributed by atoms with Gasteiger partial charge in [-0.15, -0.1) is 0 Å². The Morgan fingerprint density at radius 1 is 1.17 bits per heavy atom. The molecule has 0 saturated carbocycles. The first kappa shape index (κ1) is 19.3. The van der Waals surface area contributed by atoms with Crippen LogP contribution in [0.3, 0.4) is 0 Å². The molecule has 0 aliphatic carbocycles. The smallest absolute Gasteiger partial charge is 0.229 e. The molecule has 0 fully saturated rings. The van der Waals surface area contributed by atoms with Gasteiger partial charge in [0.15, 0.2) is 11.6 Å². The zero-order valence-corrected chi connectivity index (χ0v) is 16.5. The molecule has 2 heterocycles. The molecule has 0 atom stereocenters. The Kier molecular flexibility index (Phi) is 4.98. The van der Waals surface area contributed by atoms with Crippen LogP contribution in [-0.2, 0) is 11.2 Å². The van der Waals surface area contributed by atoms with Crippen molar-refractivity contribution in [1.82, 2.24) is 14.8 Å². The summed E-state index contributed by atoms with van der Waals surface area (Å²) in [4.78, 5) is 17.3. The fourth-order valence-electron chi connectivity index (χ4n) is 3.34. The highest BCUT2D eigenvalue weighted by atomic mass is 19.1. The van der Waals surface area contributed by atoms with Crippen LogP contribution in [0.15, 0.2) is 54.7 Å². The molecule has 0 bridgehead atoms. The van der Waals surface area contributed by atoms with Gasteiger partial charge >= 0.3 is 0 Å². The second-order valence-electron chi connectivity index (χ2n) is 7.05. The van der Waals surface area contributed by atoms with Crippen molar-refractivity contribution in [3.05, 3.63) is 82.8 Å². The summed E-state index contributed by atoms with van der Waals surface area (Å²) in [5, 5.41) is 17.5. The maximum atomic E-state index is 13.1. The Hall–Kier alpha value is -4.05. The van der Waals surface area contributed by atoms with Gasteiger partial charge in [-0.05, 0) is 48.7 Å². The molecule has 7 heteroatoms. The summed E-state index contributed by atoms with van der Waals surface area (Å²) in [7, 11) is 0. The summed E-state index contributed by atoms with van der Waals surface area (Å²) in [6.45, 7) is 3.96. The minimum absolute atomic E-state index is 0.0413. The van der Waals surface area contributed by atoms with E-state index in [4.69, 9.17) is 4.98 Å². The Labute approximate surface area is 172 Å². The number of benzene rings is 2. The van der Waals surface area contributed by atoms with E-state index in [1.165, 1.54) is 23.0 Å². The van der Waals surface area contributed by atoms with E-state index in [9.17, 15) is 14.4 Å². The minimum Gasteiger partial charge on any atom is -0.309 e. The standard InChI is InChI=1S/C23H18FN5O/c1-14-4-3-5-19-15(2)10-20(27-22(14)19)29-23(17(12-25)13-26-29)28-21(30)11-16-6-8-18(24)9-7-16/h3-10,13H,11H2,1-2H3,(H,28,30). The van der Waals surface area contributed by atoms with Crippen LogP contribution >= 0.6 is 0 Å². The highest BCUT2D eigenvalue weighted by molar-refractivity contribution is 5.93. The van der Waals surface area contributed by atoms with Gasteiger partial charge in [0.1, 0.15) is 17.4 Å². The van der Waals surface area contributed by atoms with E-state index in [2.05, 4.69) is 16.5 Å². The number of hydrogen-bond acceptors (Lipinski definition) is 4. The number of para-hydroxylation sites is 1. The first-order chi connectivity index (χ1) is 14.5. The summed E-state index contributed by atoms with van der Waals surface area (Å²) in [5.74, 6) is 0.0583. The quantitative estimate of drug-likeness (QED) is 0.557. The molecule has 0 saturated heterocycles. The number of aryl methyl sites for hydroxylation is 2. The van der Waals surface area contributed by atoms with Crippen LogP contribution in [0.4, 0.5) is 10.2 Å². The fraction of sp³-hybridized carbons (Fsp3) is 0.130. The number of hydrogen-bond donors (Lipinski definition) is 1. The van der Waals surface area contributed by atoms with E-state index in [0.717, 1.165) is 22.0 Å². The van der Waals surface area contributed by atoms with Crippen LogP contribution in [-0.4, -0.2) is 20.7 Å². The van der Waals surface area contributed by atoms with Crippen molar-refractivity contribution < 1.29 is 9.18 Å². The number of amides is 1. The Morgan fingerprint density at radius 2 is 1.93 bits per heavy atom. The molecule has 0 spiro atoms. The molecule has 6 nitrogen and oxygen atoms in total. The number of aromatic nitrogens is 3. The maximum absolute atomic E-state index is 13.1. The highest BCUT2D eigenvalue weighted by Gasteiger charge is 2.17. The van der Waals surface area contributed by atoms with E-state index in [0.29, 0.717) is 11.4 Å². The first-order valence-corrected chi connectivity index (χ1v) is 9.36. The number of nitrogens with zero attached hydrogens (tertiary/aromatic N) is 4. The second kappa shape index (κ2) is 7.76. The van der Waals surface area contributed by atoms with Gasteiger partial charge in [0.2, 0.25) is 5.91 Å². The fourth-order valence-corrected chi connectivity index (χ4v) is 3.34. The van der Waals surface area contributed by atoms with Crippen LogP contribution < -0.4 is 5.32 Å². The molecule has 30 heavy (non-hydrogen) atoms. The zero-order chi connectivity index (χ0) is 21.3. The van der Waals surface area contributed by atoms with E-state index in [1.54, 1.807) is 12.1 Å². The molecule has 1 amide bonds. The predicted molar refractivity (Wildman–Crippen MR) is 112 cm³/mol. The Balaban J connectivity index is 1.71. The number of fused-ring (bicyclic) bond motifs is 1. The molecular weight excluding hydrogens is 381 g/mol. The largest absolute Gasteiger partial charge is 0.309 e. The third-order valence-electron chi connectivity index (χ3n) is 4.88. The highest BCUT2D eigenvalue weighted by Crippen LogP contribution is 2.25. The molecule has 2 aromatic carbocycles. The Morgan fingerprint density at radius 3 is 2.67 bits per heavy atom. The van der Waals surface area contributed by atoms with E-state index < -0.39 is 0 Å². The molecule has 4 rings (SSSR count). The average Bonchev–Trinajstić information content (AvgIpc) is 3.13. The van der Waals surface area contributed by atoms with Crippen molar-refractivity contribution in [3.63, 3.8) is 0 Å². The maximum Gasteiger partial charge on any atom is 0.229 e. The van der Waals surface area contributed by atoms with E-state index in [1.807, 2.05) is 38.1 Å². The molecule has 0 radical (unpaired) electrons. The number of pyridine rings is 1. The lowest BCUT2D eigenvalue weighted by molar-refractivity contribution is -0.115. The van der Waals surface area contributed by atoms with Gasteiger partial charge < -0.3 is 5.32 Å². The summed E-state index contributed by atoms with van der Waals surface area (Å²) >= 11 is 0. The van der Waals surface area contributed by atoms with Gasteiger partial charge in [0, 0.05) is 5.39 Å². The normalized spacial score (nSPS) is 10.7. The number of carbonyl (C=O) groups excluding carboxylic acids is 1. The van der Waals surface area contributed by atoms with Crippen molar-refractivity contribution in [1.29, 1.82) is 5.26 Å². The molecule has 0 aliphatic heterocycles. The molecular formula is C23H18FN5O. The first-order valence-electron chi connectivity index (χ1n) is 9.36. The van der Waals surface area contributed by atoms with Crippen LogP contribution in [0.2, 0.25) is 0 Å². The van der Waals surface area contributed by atoms with Gasteiger partial charge in [0.05, 0.1) is 18.1 Å². The van der Waals surface area contributed by atoms with Crippen LogP contribution in [0.5, 0.6) is 0 Å². The molecule has 0 unspecified atom stereocenters. The average molecular weight is 399 g/mol. The number of nitrogens with one attached hydrogen (secondary N) is 1. The van der Waals surface area contributed by atoms with Crippen molar-refractivity contribution in [2.75, 3.05) is 5.32 Å². The lowest BCUT2D eigenvalue weighted by Crippen LogP contribution is -2.18. The van der Waals surface area contributed by atoms with Crippen LogP contribution in [0.25, 0.3) is 16.7 Å². The van der Waals surface area contributed by atoms with E-state index >= 15 is 0 Å². The lowest BCUT2D eigenvalue weighted by Gasteiger charge is -2.12. The monoisotopic (exact) mass is 399 g/mol. The summed E-state index contributed by atoms with van der Waals surface area (Å²) in [6, 6.07) is 15.6. The lowest BCUT2D eigenvalue weighted by atomic mass is 10.1. The summed E-state index contributed by atoms with van der Waals surface area (Å²) in [5.41, 5.74) is 3.76. The van der Waals surface area contributed by atoms with Gasteiger partial charge in [-0.2, -0.15) is 15.0 Å². The molecule has 148 valence electrons. The molecule has 2 aromatic heterocycles. The molecule has 1 N–H and O–H groups in total. The van der Waals surface area contributed by atoms with E-state index in [-0.39, 0.29) is 29.5 Å². The van der Waals surface area contributed by atoms with Gasteiger partial charge in [-0.25, -0.2) is 9.37 Å². The van der Waals surface area contributed by atoms with Gasteiger partial charge in [-0.1, -0.05) is 30.3 Å². The second-order valence-corrected chi connectivity index (χ2v) is 7.05. The number of nitriles is 1. The predicted octanol–water partition coefficient (Wildman–Crippen LogP) is 4.23. The molecule has 4 aromatic rings. The number of anilines is 1. The van der Waals surface area contributed by atoms with Crippen molar-refractivity contribution in [2.45, 2.75) is 20.3 Å². The van der Waals surface area contributed by atoms with Crippen molar-refractivity contribution >= 4 is 22.6 Å². The summed E-state index contributed by atoms with van der Waals surface area (Å²) in [6.07, 6.45) is 1.44.